The molecule has 26 heavy (non-hydrogen) atoms. The standard InChI is InChI=1S/C20H17ClN2OS2/c1-3-20(24)23-10-16(15-8-19(21)26-18(15)11-23)13-6-4-5-7-14(13)17-9-22-12(2)25-17/h3-9,16H,1,10-11H2,2H3/t16-/m1/s1. The number of fused-ring (bicyclic) bond motifs is 1. The number of hydrogen-bond acceptors (Lipinski definition) is 4. The summed E-state index contributed by atoms with van der Waals surface area (Å²) >= 11 is 9.55. The Labute approximate surface area is 165 Å². The van der Waals surface area contributed by atoms with Crippen molar-refractivity contribution in [3.8, 4) is 10.4 Å². The molecule has 4 rings (SSSR count). The van der Waals surface area contributed by atoms with Gasteiger partial charge in [-0.15, -0.1) is 22.7 Å². The van der Waals surface area contributed by atoms with Gasteiger partial charge in [0.2, 0.25) is 5.91 Å². The van der Waals surface area contributed by atoms with E-state index in [-0.39, 0.29) is 11.8 Å². The van der Waals surface area contributed by atoms with Crippen molar-refractivity contribution in [2.24, 2.45) is 0 Å². The van der Waals surface area contributed by atoms with Crippen molar-refractivity contribution in [3.63, 3.8) is 0 Å². The zero-order chi connectivity index (χ0) is 18.3. The lowest BCUT2D eigenvalue weighted by Gasteiger charge is -2.33. The lowest BCUT2D eigenvalue weighted by molar-refractivity contribution is -0.127. The molecular weight excluding hydrogens is 384 g/mol. The predicted molar refractivity (Wildman–Crippen MR) is 109 cm³/mol. The molecule has 0 bridgehead atoms. The highest BCUT2D eigenvalue weighted by Crippen LogP contribution is 2.43. The van der Waals surface area contributed by atoms with Crippen LogP contribution in [-0.4, -0.2) is 22.3 Å². The number of thiazole rings is 1. The summed E-state index contributed by atoms with van der Waals surface area (Å²) in [7, 11) is 0. The molecule has 0 saturated heterocycles. The Balaban J connectivity index is 1.84. The Morgan fingerprint density at radius 2 is 2.15 bits per heavy atom. The Morgan fingerprint density at radius 3 is 2.88 bits per heavy atom. The summed E-state index contributed by atoms with van der Waals surface area (Å²) in [6.07, 6.45) is 3.31. The van der Waals surface area contributed by atoms with Crippen molar-refractivity contribution in [2.75, 3.05) is 6.54 Å². The fourth-order valence-corrected chi connectivity index (χ4v) is 5.64. The van der Waals surface area contributed by atoms with Gasteiger partial charge in [0.15, 0.2) is 0 Å². The summed E-state index contributed by atoms with van der Waals surface area (Å²) in [6.45, 7) is 6.87. The molecule has 132 valence electrons. The summed E-state index contributed by atoms with van der Waals surface area (Å²) in [5.74, 6) is 0.0429. The molecule has 0 radical (unpaired) electrons. The van der Waals surface area contributed by atoms with E-state index in [0.717, 1.165) is 19.1 Å². The minimum atomic E-state index is -0.0451. The maximum Gasteiger partial charge on any atom is 0.246 e. The number of amides is 1. The number of aromatic nitrogens is 1. The number of carbonyl (C=O) groups is 1. The second-order valence-corrected chi connectivity index (χ2v) is 9.24. The van der Waals surface area contributed by atoms with Gasteiger partial charge in [0.25, 0.3) is 0 Å². The molecule has 1 atom stereocenters. The van der Waals surface area contributed by atoms with Gasteiger partial charge in [-0.3, -0.25) is 4.79 Å². The van der Waals surface area contributed by atoms with Crippen LogP contribution >= 0.6 is 34.3 Å². The van der Waals surface area contributed by atoms with E-state index in [2.05, 4.69) is 35.8 Å². The molecule has 0 spiro atoms. The third-order valence-corrected chi connectivity index (χ3v) is 6.84. The number of halogens is 1. The molecule has 2 aromatic heterocycles. The van der Waals surface area contributed by atoms with E-state index in [1.165, 1.54) is 22.8 Å². The molecular formula is C20H17ClN2OS2. The van der Waals surface area contributed by atoms with Gasteiger partial charge < -0.3 is 4.90 Å². The van der Waals surface area contributed by atoms with Crippen LogP contribution in [0.1, 0.15) is 26.9 Å². The van der Waals surface area contributed by atoms with E-state index < -0.39 is 0 Å². The third-order valence-electron chi connectivity index (χ3n) is 4.63. The fraction of sp³-hybridized carbons (Fsp3) is 0.200. The lowest BCUT2D eigenvalue weighted by Crippen LogP contribution is -2.37. The number of rotatable bonds is 3. The van der Waals surface area contributed by atoms with Crippen LogP contribution in [0.15, 0.2) is 49.2 Å². The summed E-state index contributed by atoms with van der Waals surface area (Å²) in [4.78, 5) is 20.8. The van der Waals surface area contributed by atoms with Gasteiger partial charge in [-0.2, -0.15) is 0 Å². The van der Waals surface area contributed by atoms with Crippen molar-refractivity contribution in [1.82, 2.24) is 9.88 Å². The van der Waals surface area contributed by atoms with Crippen LogP contribution in [0, 0.1) is 6.92 Å². The minimum Gasteiger partial charge on any atom is -0.333 e. The minimum absolute atomic E-state index is 0.0451. The number of hydrogen-bond donors (Lipinski definition) is 0. The molecule has 3 aromatic rings. The first-order valence-electron chi connectivity index (χ1n) is 8.28. The van der Waals surface area contributed by atoms with E-state index >= 15 is 0 Å². The highest BCUT2D eigenvalue weighted by molar-refractivity contribution is 7.16. The van der Waals surface area contributed by atoms with Gasteiger partial charge in [-0.25, -0.2) is 4.98 Å². The predicted octanol–water partition coefficient (Wildman–Crippen LogP) is 5.49. The summed E-state index contributed by atoms with van der Waals surface area (Å²) in [6, 6.07) is 10.4. The van der Waals surface area contributed by atoms with E-state index in [4.69, 9.17) is 11.6 Å². The van der Waals surface area contributed by atoms with E-state index in [1.807, 2.05) is 24.1 Å². The lowest BCUT2D eigenvalue weighted by atomic mass is 9.85. The molecule has 6 heteroatoms. The Kier molecular flexibility index (Phi) is 4.69. The normalized spacial score (nSPS) is 16.4. The van der Waals surface area contributed by atoms with Crippen molar-refractivity contribution < 1.29 is 4.79 Å². The molecule has 1 aliphatic rings. The van der Waals surface area contributed by atoms with Crippen LogP contribution < -0.4 is 0 Å². The molecule has 3 nitrogen and oxygen atoms in total. The van der Waals surface area contributed by atoms with Crippen molar-refractivity contribution in [3.05, 3.63) is 74.5 Å². The second-order valence-electron chi connectivity index (χ2n) is 6.24. The van der Waals surface area contributed by atoms with Crippen LogP contribution in [0.5, 0.6) is 0 Å². The molecule has 0 fully saturated rings. The smallest absolute Gasteiger partial charge is 0.246 e. The quantitative estimate of drug-likeness (QED) is 0.544. The number of thiophene rings is 1. The largest absolute Gasteiger partial charge is 0.333 e. The van der Waals surface area contributed by atoms with Gasteiger partial charge in [0.05, 0.1) is 20.8 Å². The van der Waals surface area contributed by atoms with Crippen molar-refractivity contribution >= 4 is 40.2 Å². The first-order chi connectivity index (χ1) is 12.6. The summed E-state index contributed by atoms with van der Waals surface area (Å²) < 4.78 is 0.763. The van der Waals surface area contributed by atoms with Gasteiger partial charge in [-0.05, 0) is 35.8 Å². The third kappa shape index (κ3) is 3.11. The van der Waals surface area contributed by atoms with Gasteiger partial charge in [0.1, 0.15) is 0 Å². The Hall–Kier alpha value is -1.95. The van der Waals surface area contributed by atoms with Crippen LogP contribution in [0.2, 0.25) is 4.34 Å². The van der Waals surface area contributed by atoms with E-state index in [9.17, 15) is 4.79 Å². The first kappa shape index (κ1) is 17.5. The number of aryl methyl sites for hydroxylation is 1. The zero-order valence-corrected chi connectivity index (χ0v) is 16.6. The maximum absolute atomic E-state index is 12.3. The molecule has 1 amide bonds. The number of carbonyl (C=O) groups excluding carboxylic acids is 1. The summed E-state index contributed by atoms with van der Waals surface area (Å²) in [5.41, 5.74) is 3.60. The highest BCUT2D eigenvalue weighted by atomic mass is 35.5. The van der Waals surface area contributed by atoms with Gasteiger partial charge >= 0.3 is 0 Å². The molecule has 0 N–H and O–H groups in total. The topological polar surface area (TPSA) is 33.2 Å². The van der Waals surface area contributed by atoms with Crippen LogP contribution in [0.3, 0.4) is 0 Å². The monoisotopic (exact) mass is 400 g/mol. The van der Waals surface area contributed by atoms with Crippen molar-refractivity contribution in [1.29, 1.82) is 0 Å². The van der Waals surface area contributed by atoms with Gasteiger partial charge in [-0.1, -0.05) is 42.4 Å². The SMILES string of the molecule is C=CC(=O)N1Cc2sc(Cl)cc2[C@@H](c2ccccc2-c2cnc(C)s2)C1. The summed E-state index contributed by atoms with van der Waals surface area (Å²) in [5, 5.41) is 1.04. The molecule has 3 heterocycles. The van der Waals surface area contributed by atoms with E-state index in [0.29, 0.717) is 13.1 Å². The number of nitrogens with zero attached hydrogens (tertiary/aromatic N) is 2. The molecule has 0 saturated carbocycles. The molecule has 0 aliphatic carbocycles. The Morgan fingerprint density at radius 1 is 1.35 bits per heavy atom. The molecule has 1 aromatic carbocycles. The number of benzene rings is 1. The molecule has 1 aliphatic heterocycles. The fourth-order valence-electron chi connectivity index (χ4n) is 3.46. The van der Waals surface area contributed by atoms with Crippen molar-refractivity contribution in [2.45, 2.75) is 19.4 Å². The zero-order valence-electron chi connectivity index (χ0n) is 14.2. The average Bonchev–Trinajstić information content (AvgIpc) is 3.24. The molecule has 0 unspecified atom stereocenters. The average molecular weight is 401 g/mol. The van der Waals surface area contributed by atoms with Gasteiger partial charge in [0, 0.05) is 23.5 Å². The van der Waals surface area contributed by atoms with E-state index in [1.54, 1.807) is 22.7 Å². The first-order valence-corrected chi connectivity index (χ1v) is 10.3. The van der Waals surface area contributed by atoms with Crippen LogP contribution in [0.4, 0.5) is 0 Å². The maximum atomic E-state index is 12.3. The van der Waals surface area contributed by atoms with Crippen LogP contribution in [0.25, 0.3) is 10.4 Å². The van der Waals surface area contributed by atoms with Crippen LogP contribution in [-0.2, 0) is 11.3 Å². The highest BCUT2D eigenvalue weighted by Gasteiger charge is 2.31. The second kappa shape index (κ2) is 6.99. The Bertz CT molecular complexity index is 991.